The normalized spacial score (nSPS) is 15.3. The maximum absolute atomic E-state index is 14.0. The summed E-state index contributed by atoms with van der Waals surface area (Å²) in [4.78, 5) is 0. The molecule has 2 unspecified atom stereocenters. The molecule has 1 aromatic rings. The van der Waals surface area contributed by atoms with E-state index in [9.17, 15) is 4.39 Å². The number of benzene rings is 1. The Morgan fingerprint density at radius 3 is 2.37 bits per heavy atom. The molecular formula is C17H28FN. The van der Waals surface area contributed by atoms with E-state index in [-0.39, 0.29) is 17.3 Å². The van der Waals surface area contributed by atoms with Crippen LogP contribution in [-0.4, -0.2) is 6.54 Å². The highest BCUT2D eigenvalue weighted by Crippen LogP contribution is 2.33. The summed E-state index contributed by atoms with van der Waals surface area (Å²) in [7, 11) is 0. The summed E-state index contributed by atoms with van der Waals surface area (Å²) >= 11 is 0. The van der Waals surface area contributed by atoms with Crippen molar-refractivity contribution in [2.45, 2.75) is 53.5 Å². The van der Waals surface area contributed by atoms with E-state index < -0.39 is 0 Å². The van der Waals surface area contributed by atoms with E-state index in [4.69, 9.17) is 0 Å². The lowest BCUT2D eigenvalue weighted by Gasteiger charge is -2.31. The van der Waals surface area contributed by atoms with Crippen LogP contribution in [0.2, 0.25) is 0 Å². The summed E-state index contributed by atoms with van der Waals surface area (Å²) in [5.41, 5.74) is 1.05. The maximum Gasteiger partial charge on any atom is 0.127 e. The molecule has 1 aromatic carbocycles. The van der Waals surface area contributed by atoms with Crippen molar-refractivity contribution in [3.05, 3.63) is 35.6 Å². The van der Waals surface area contributed by atoms with Gasteiger partial charge in [-0.2, -0.15) is 0 Å². The Morgan fingerprint density at radius 1 is 1.21 bits per heavy atom. The van der Waals surface area contributed by atoms with Crippen molar-refractivity contribution < 1.29 is 4.39 Å². The molecule has 0 amide bonds. The van der Waals surface area contributed by atoms with Crippen molar-refractivity contribution >= 4 is 0 Å². The second-order valence-corrected chi connectivity index (χ2v) is 6.53. The Morgan fingerprint density at radius 2 is 1.84 bits per heavy atom. The van der Waals surface area contributed by atoms with Gasteiger partial charge in [0.1, 0.15) is 5.82 Å². The first kappa shape index (κ1) is 16.2. The van der Waals surface area contributed by atoms with Crippen LogP contribution < -0.4 is 5.32 Å². The van der Waals surface area contributed by atoms with Crippen LogP contribution in [0.15, 0.2) is 24.3 Å². The Hall–Kier alpha value is -0.890. The molecule has 0 aromatic heterocycles. The zero-order valence-corrected chi connectivity index (χ0v) is 13.0. The second kappa shape index (κ2) is 7.04. The average Bonchev–Trinajstić information content (AvgIpc) is 2.34. The smallest absolute Gasteiger partial charge is 0.127 e. The van der Waals surface area contributed by atoms with Crippen LogP contribution in [0, 0.1) is 17.2 Å². The molecule has 0 aliphatic rings. The fourth-order valence-electron chi connectivity index (χ4n) is 2.10. The third kappa shape index (κ3) is 4.94. The molecule has 1 rings (SSSR count). The molecule has 108 valence electrons. The molecule has 19 heavy (non-hydrogen) atoms. The van der Waals surface area contributed by atoms with Crippen molar-refractivity contribution in [1.29, 1.82) is 0 Å². The number of rotatable bonds is 6. The predicted molar refractivity (Wildman–Crippen MR) is 80.7 cm³/mol. The summed E-state index contributed by atoms with van der Waals surface area (Å²) in [6, 6.07) is 7.23. The minimum Gasteiger partial charge on any atom is -0.310 e. The van der Waals surface area contributed by atoms with Crippen molar-refractivity contribution in [1.82, 2.24) is 5.32 Å². The molecule has 0 spiro atoms. The van der Waals surface area contributed by atoms with Gasteiger partial charge in [-0.05, 0) is 36.8 Å². The molecule has 0 saturated carbocycles. The molecule has 0 saturated heterocycles. The van der Waals surface area contributed by atoms with Crippen LogP contribution in [0.3, 0.4) is 0 Å². The lowest BCUT2D eigenvalue weighted by atomic mass is 9.77. The largest absolute Gasteiger partial charge is 0.310 e. The summed E-state index contributed by atoms with van der Waals surface area (Å²) in [6.45, 7) is 12.1. The SMILES string of the molecule is CCCNC(CC(C)C(C)(C)C)c1ccccc1F. The van der Waals surface area contributed by atoms with Gasteiger partial charge >= 0.3 is 0 Å². The number of hydrogen-bond acceptors (Lipinski definition) is 1. The Labute approximate surface area is 117 Å². The molecule has 0 heterocycles. The minimum atomic E-state index is -0.0998. The van der Waals surface area contributed by atoms with Gasteiger partial charge in [-0.15, -0.1) is 0 Å². The van der Waals surface area contributed by atoms with Gasteiger partial charge in [0.2, 0.25) is 0 Å². The van der Waals surface area contributed by atoms with Crippen LogP contribution in [0.5, 0.6) is 0 Å². The van der Waals surface area contributed by atoms with Crippen molar-refractivity contribution in [2.24, 2.45) is 11.3 Å². The van der Waals surface area contributed by atoms with Gasteiger partial charge in [0.05, 0.1) is 0 Å². The zero-order chi connectivity index (χ0) is 14.5. The fraction of sp³-hybridized carbons (Fsp3) is 0.647. The van der Waals surface area contributed by atoms with Gasteiger partial charge in [0.15, 0.2) is 0 Å². The third-order valence-electron chi connectivity index (χ3n) is 3.99. The third-order valence-corrected chi connectivity index (χ3v) is 3.99. The monoisotopic (exact) mass is 265 g/mol. The molecule has 0 bridgehead atoms. The first-order valence-corrected chi connectivity index (χ1v) is 7.34. The highest BCUT2D eigenvalue weighted by molar-refractivity contribution is 5.21. The summed E-state index contributed by atoms with van der Waals surface area (Å²) < 4.78 is 14.0. The van der Waals surface area contributed by atoms with Gasteiger partial charge < -0.3 is 5.32 Å². The van der Waals surface area contributed by atoms with E-state index in [1.54, 1.807) is 12.1 Å². The predicted octanol–water partition coefficient (Wildman–Crippen LogP) is 4.94. The van der Waals surface area contributed by atoms with Gasteiger partial charge in [-0.3, -0.25) is 0 Å². The number of hydrogen-bond donors (Lipinski definition) is 1. The van der Waals surface area contributed by atoms with Crippen LogP contribution in [0.25, 0.3) is 0 Å². The molecule has 1 N–H and O–H groups in total. The molecular weight excluding hydrogens is 237 g/mol. The highest BCUT2D eigenvalue weighted by Gasteiger charge is 2.25. The zero-order valence-electron chi connectivity index (χ0n) is 13.0. The van der Waals surface area contributed by atoms with E-state index in [0.717, 1.165) is 24.9 Å². The van der Waals surface area contributed by atoms with Crippen LogP contribution in [0.1, 0.15) is 59.1 Å². The minimum absolute atomic E-state index is 0.0998. The van der Waals surface area contributed by atoms with Crippen LogP contribution >= 0.6 is 0 Å². The summed E-state index contributed by atoms with van der Waals surface area (Å²) in [5, 5.41) is 3.49. The molecule has 1 nitrogen and oxygen atoms in total. The van der Waals surface area contributed by atoms with Crippen molar-refractivity contribution in [3.63, 3.8) is 0 Å². The van der Waals surface area contributed by atoms with E-state index in [1.807, 2.05) is 12.1 Å². The van der Waals surface area contributed by atoms with Crippen molar-refractivity contribution in [3.8, 4) is 0 Å². The van der Waals surface area contributed by atoms with Crippen LogP contribution in [0.4, 0.5) is 4.39 Å². The standard InChI is InChI=1S/C17H28FN/c1-6-11-19-16(12-13(2)17(3,4)5)14-9-7-8-10-15(14)18/h7-10,13,16,19H,6,11-12H2,1-5H3. The van der Waals surface area contributed by atoms with Gasteiger partial charge in [-0.25, -0.2) is 4.39 Å². The van der Waals surface area contributed by atoms with Gasteiger partial charge in [-0.1, -0.05) is 52.8 Å². The van der Waals surface area contributed by atoms with E-state index >= 15 is 0 Å². The summed E-state index contributed by atoms with van der Waals surface area (Å²) in [6.07, 6.45) is 2.03. The second-order valence-electron chi connectivity index (χ2n) is 6.53. The lowest BCUT2D eigenvalue weighted by molar-refractivity contribution is 0.222. The Kier molecular flexibility index (Phi) is 5.99. The molecule has 0 radical (unpaired) electrons. The summed E-state index contributed by atoms with van der Waals surface area (Å²) in [5.74, 6) is 0.429. The van der Waals surface area contributed by atoms with Crippen molar-refractivity contribution in [2.75, 3.05) is 6.54 Å². The Bertz CT molecular complexity index is 381. The van der Waals surface area contributed by atoms with E-state index in [0.29, 0.717) is 5.92 Å². The van der Waals surface area contributed by atoms with Gasteiger partial charge in [0, 0.05) is 11.6 Å². The lowest BCUT2D eigenvalue weighted by Crippen LogP contribution is -2.28. The van der Waals surface area contributed by atoms with E-state index in [1.165, 1.54) is 0 Å². The first-order valence-electron chi connectivity index (χ1n) is 7.34. The number of halogens is 1. The fourth-order valence-corrected chi connectivity index (χ4v) is 2.10. The van der Waals surface area contributed by atoms with Gasteiger partial charge in [0.25, 0.3) is 0 Å². The average molecular weight is 265 g/mol. The topological polar surface area (TPSA) is 12.0 Å². The molecule has 2 heteroatoms. The van der Waals surface area contributed by atoms with Crippen LogP contribution in [-0.2, 0) is 0 Å². The molecule has 0 fully saturated rings. The molecule has 0 aliphatic heterocycles. The highest BCUT2D eigenvalue weighted by atomic mass is 19.1. The molecule has 0 aliphatic carbocycles. The van der Waals surface area contributed by atoms with E-state index in [2.05, 4.69) is 39.9 Å². The first-order chi connectivity index (χ1) is 8.86. The quantitative estimate of drug-likeness (QED) is 0.768. The maximum atomic E-state index is 14.0. The molecule has 2 atom stereocenters. The Balaban J connectivity index is 2.86. The number of nitrogens with one attached hydrogen (secondary N) is 1.